The molecule has 1 rings (SSSR count). The summed E-state index contributed by atoms with van der Waals surface area (Å²) in [5, 5.41) is 8.78. The average Bonchev–Trinajstić information content (AvgIpc) is 2.27. The van der Waals surface area contributed by atoms with Gasteiger partial charge in [-0.1, -0.05) is 25.5 Å². The largest absolute Gasteiger partial charge is 0.494 e. The van der Waals surface area contributed by atoms with Crippen LogP contribution in [0.5, 0.6) is 5.75 Å². The van der Waals surface area contributed by atoms with E-state index in [0.717, 1.165) is 11.1 Å². The molecule has 4 heteroatoms. The lowest BCUT2D eigenvalue weighted by atomic mass is 9.95. The molecular weight excluding hydrogens is 235 g/mol. The van der Waals surface area contributed by atoms with Crippen LogP contribution in [0.1, 0.15) is 19.4 Å². The SMILES string of the molecule is COc1ccc(C/C(=C/C(=O)O)C(C)C)cc1F. The van der Waals surface area contributed by atoms with Gasteiger partial charge < -0.3 is 9.84 Å². The highest BCUT2D eigenvalue weighted by atomic mass is 19.1. The van der Waals surface area contributed by atoms with Crippen LogP contribution in [0.2, 0.25) is 0 Å². The van der Waals surface area contributed by atoms with Crippen LogP contribution < -0.4 is 4.74 Å². The molecular formula is C14H17FO3. The Hall–Kier alpha value is -1.84. The zero-order valence-electron chi connectivity index (χ0n) is 10.7. The number of carboxylic acid groups (broad SMARTS) is 1. The van der Waals surface area contributed by atoms with Crippen molar-refractivity contribution in [3.05, 3.63) is 41.2 Å². The van der Waals surface area contributed by atoms with Crippen molar-refractivity contribution >= 4 is 5.97 Å². The van der Waals surface area contributed by atoms with Crippen LogP contribution in [0.25, 0.3) is 0 Å². The van der Waals surface area contributed by atoms with Gasteiger partial charge in [0.2, 0.25) is 0 Å². The Labute approximate surface area is 106 Å². The van der Waals surface area contributed by atoms with Crippen molar-refractivity contribution in [2.75, 3.05) is 7.11 Å². The molecule has 0 fully saturated rings. The minimum atomic E-state index is -0.979. The summed E-state index contributed by atoms with van der Waals surface area (Å²) >= 11 is 0. The second-order valence-electron chi connectivity index (χ2n) is 4.36. The normalized spacial score (nSPS) is 11.7. The molecule has 0 spiro atoms. The molecule has 0 heterocycles. The van der Waals surface area contributed by atoms with Crippen LogP contribution in [0.15, 0.2) is 29.8 Å². The van der Waals surface area contributed by atoms with Crippen LogP contribution in [0.4, 0.5) is 4.39 Å². The van der Waals surface area contributed by atoms with Crippen LogP contribution in [-0.2, 0) is 11.2 Å². The second kappa shape index (κ2) is 6.19. The third-order valence-corrected chi connectivity index (χ3v) is 2.67. The number of hydrogen-bond donors (Lipinski definition) is 1. The van der Waals surface area contributed by atoms with Gasteiger partial charge in [0.1, 0.15) is 0 Å². The van der Waals surface area contributed by atoms with Crippen molar-refractivity contribution < 1.29 is 19.0 Å². The summed E-state index contributed by atoms with van der Waals surface area (Å²) in [5.41, 5.74) is 1.49. The first-order valence-corrected chi connectivity index (χ1v) is 5.69. The lowest BCUT2D eigenvalue weighted by Crippen LogP contribution is -2.03. The van der Waals surface area contributed by atoms with E-state index in [9.17, 15) is 9.18 Å². The lowest BCUT2D eigenvalue weighted by Gasteiger charge is -2.11. The molecule has 0 bridgehead atoms. The molecule has 0 aliphatic carbocycles. The summed E-state index contributed by atoms with van der Waals surface area (Å²) in [7, 11) is 1.40. The molecule has 0 radical (unpaired) electrons. The molecule has 0 aromatic heterocycles. The number of carboxylic acids is 1. The van der Waals surface area contributed by atoms with Gasteiger partial charge in [-0.05, 0) is 30.0 Å². The third kappa shape index (κ3) is 3.87. The fourth-order valence-electron chi connectivity index (χ4n) is 1.64. The van der Waals surface area contributed by atoms with Crippen LogP contribution in [-0.4, -0.2) is 18.2 Å². The van der Waals surface area contributed by atoms with E-state index in [4.69, 9.17) is 9.84 Å². The summed E-state index contributed by atoms with van der Waals surface area (Å²) in [6.45, 7) is 3.82. The zero-order valence-corrected chi connectivity index (χ0v) is 10.7. The molecule has 1 N–H and O–H groups in total. The topological polar surface area (TPSA) is 46.5 Å². The van der Waals surface area contributed by atoms with Gasteiger partial charge in [-0.25, -0.2) is 9.18 Å². The fraction of sp³-hybridized carbons (Fsp3) is 0.357. The maximum absolute atomic E-state index is 13.5. The summed E-state index contributed by atoms with van der Waals surface area (Å²) in [6, 6.07) is 4.65. The summed E-state index contributed by atoms with van der Waals surface area (Å²) in [6.07, 6.45) is 1.61. The molecule has 98 valence electrons. The lowest BCUT2D eigenvalue weighted by molar-refractivity contribution is -0.131. The summed E-state index contributed by atoms with van der Waals surface area (Å²) in [5.74, 6) is -1.13. The van der Waals surface area contributed by atoms with Crippen LogP contribution in [0, 0.1) is 11.7 Å². The van der Waals surface area contributed by atoms with Crippen molar-refractivity contribution in [3.63, 3.8) is 0 Å². The van der Waals surface area contributed by atoms with Gasteiger partial charge in [0, 0.05) is 6.08 Å². The van der Waals surface area contributed by atoms with Crippen molar-refractivity contribution in [1.29, 1.82) is 0 Å². The zero-order chi connectivity index (χ0) is 13.7. The Bertz CT molecular complexity index is 464. The van der Waals surface area contributed by atoms with E-state index < -0.39 is 11.8 Å². The predicted octanol–water partition coefficient (Wildman–Crippen LogP) is 3.04. The minimum Gasteiger partial charge on any atom is -0.494 e. The van der Waals surface area contributed by atoms with Crippen molar-refractivity contribution in [3.8, 4) is 5.75 Å². The Balaban J connectivity index is 2.95. The van der Waals surface area contributed by atoms with Gasteiger partial charge >= 0.3 is 5.97 Å². The molecule has 0 saturated heterocycles. The van der Waals surface area contributed by atoms with Gasteiger partial charge in [0.15, 0.2) is 11.6 Å². The first kappa shape index (κ1) is 14.2. The molecule has 18 heavy (non-hydrogen) atoms. The van der Waals surface area contributed by atoms with Crippen molar-refractivity contribution in [1.82, 2.24) is 0 Å². The number of rotatable bonds is 5. The van der Waals surface area contributed by atoms with E-state index in [1.807, 2.05) is 13.8 Å². The maximum Gasteiger partial charge on any atom is 0.328 e. The number of halogens is 1. The second-order valence-corrected chi connectivity index (χ2v) is 4.36. The molecule has 0 saturated carbocycles. The fourth-order valence-corrected chi connectivity index (χ4v) is 1.64. The number of allylic oxidation sites excluding steroid dienone is 1. The molecule has 1 aromatic rings. The Morgan fingerprint density at radius 3 is 2.61 bits per heavy atom. The van der Waals surface area contributed by atoms with E-state index in [0.29, 0.717) is 6.42 Å². The smallest absolute Gasteiger partial charge is 0.328 e. The van der Waals surface area contributed by atoms with E-state index in [1.54, 1.807) is 12.1 Å². The highest BCUT2D eigenvalue weighted by Crippen LogP contribution is 2.21. The molecule has 0 atom stereocenters. The minimum absolute atomic E-state index is 0.103. The highest BCUT2D eigenvalue weighted by Gasteiger charge is 2.09. The van der Waals surface area contributed by atoms with Gasteiger partial charge in [-0.2, -0.15) is 0 Å². The molecule has 0 aliphatic heterocycles. The molecule has 0 amide bonds. The number of benzene rings is 1. The monoisotopic (exact) mass is 252 g/mol. The van der Waals surface area contributed by atoms with Gasteiger partial charge in [-0.15, -0.1) is 0 Å². The van der Waals surface area contributed by atoms with E-state index in [2.05, 4.69) is 0 Å². The predicted molar refractivity (Wildman–Crippen MR) is 67.2 cm³/mol. The average molecular weight is 252 g/mol. The van der Waals surface area contributed by atoms with Gasteiger partial charge in [0.25, 0.3) is 0 Å². The van der Waals surface area contributed by atoms with Crippen molar-refractivity contribution in [2.45, 2.75) is 20.3 Å². The van der Waals surface area contributed by atoms with Gasteiger partial charge in [-0.3, -0.25) is 0 Å². The number of hydrogen-bond acceptors (Lipinski definition) is 2. The number of ether oxygens (including phenoxy) is 1. The molecule has 0 unspecified atom stereocenters. The first-order valence-electron chi connectivity index (χ1n) is 5.69. The van der Waals surface area contributed by atoms with Gasteiger partial charge in [0.05, 0.1) is 7.11 Å². The number of methoxy groups -OCH3 is 1. The standard InChI is InChI=1S/C14H17FO3/c1-9(2)11(8-14(16)17)6-10-4-5-13(18-3)12(15)7-10/h4-5,7-9H,6H2,1-3H3,(H,16,17)/b11-8-. The quantitative estimate of drug-likeness (QED) is 0.819. The maximum atomic E-state index is 13.5. The molecule has 3 nitrogen and oxygen atoms in total. The Kier molecular flexibility index (Phi) is 4.89. The number of carbonyl (C=O) groups is 1. The van der Waals surface area contributed by atoms with E-state index >= 15 is 0 Å². The number of aliphatic carboxylic acids is 1. The summed E-state index contributed by atoms with van der Waals surface area (Å²) in [4.78, 5) is 10.7. The van der Waals surface area contributed by atoms with Crippen LogP contribution >= 0.6 is 0 Å². The first-order chi connectivity index (χ1) is 8.43. The molecule has 1 aromatic carbocycles. The highest BCUT2D eigenvalue weighted by molar-refractivity contribution is 5.80. The summed E-state index contributed by atoms with van der Waals surface area (Å²) < 4.78 is 18.3. The third-order valence-electron chi connectivity index (χ3n) is 2.67. The Morgan fingerprint density at radius 2 is 2.17 bits per heavy atom. The van der Waals surface area contributed by atoms with Crippen LogP contribution in [0.3, 0.4) is 0 Å². The van der Waals surface area contributed by atoms with Crippen molar-refractivity contribution in [2.24, 2.45) is 5.92 Å². The molecule has 0 aliphatic rings. The Morgan fingerprint density at radius 1 is 1.50 bits per heavy atom. The van der Waals surface area contributed by atoms with E-state index in [-0.39, 0.29) is 11.7 Å². The van der Waals surface area contributed by atoms with E-state index in [1.165, 1.54) is 19.3 Å².